The van der Waals surface area contributed by atoms with Crippen molar-refractivity contribution >= 4 is 28.6 Å². The summed E-state index contributed by atoms with van der Waals surface area (Å²) in [7, 11) is 3.75. The molecule has 0 atom stereocenters. The first kappa shape index (κ1) is 31.6. The minimum absolute atomic E-state index is 0. The number of carbonyl (C=O) groups is 1. The van der Waals surface area contributed by atoms with E-state index < -0.39 is 17.8 Å². The number of nitrogens with zero attached hydrogens (tertiary/aromatic N) is 6. The summed E-state index contributed by atoms with van der Waals surface area (Å²) in [6.07, 6.45) is -1.22. The number of amides is 2. The predicted octanol–water partition coefficient (Wildman–Crippen LogP) is 6.74. The van der Waals surface area contributed by atoms with Gasteiger partial charge >= 0.3 is 12.2 Å². The van der Waals surface area contributed by atoms with Gasteiger partial charge in [0.15, 0.2) is 5.82 Å². The molecule has 0 unspecified atom stereocenters. The molecule has 1 saturated heterocycles. The number of rotatable bonds is 6. The van der Waals surface area contributed by atoms with Gasteiger partial charge in [-0.1, -0.05) is 49.9 Å². The molecule has 5 aromatic rings. The molecule has 0 saturated carbocycles. The molecule has 1 aliphatic heterocycles. The average Bonchev–Trinajstić information content (AvgIpc) is 3.37. The predicted molar refractivity (Wildman–Crippen MR) is 171 cm³/mol. The summed E-state index contributed by atoms with van der Waals surface area (Å²) in [5.74, 6) is 0.260. The van der Waals surface area contributed by atoms with Crippen LogP contribution in [-0.2, 0) is 19.8 Å². The molecule has 0 aliphatic carbocycles. The Kier molecular flexibility index (Phi) is 9.16. The number of anilines is 2. The van der Waals surface area contributed by atoms with Crippen molar-refractivity contribution in [1.82, 2.24) is 29.5 Å². The van der Waals surface area contributed by atoms with Gasteiger partial charge in [-0.3, -0.25) is 24.9 Å². The zero-order chi connectivity index (χ0) is 30.8. The monoisotopic (exact) mass is 616 g/mol. The summed E-state index contributed by atoms with van der Waals surface area (Å²) in [5.41, 5.74) is 4.65. The lowest BCUT2D eigenvalue weighted by Crippen LogP contribution is -2.44. The molecule has 0 bridgehead atoms. The van der Waals surface area contributed by atoms with Crippen LogP contribution in [0, 0.1) is 0 Å². The van der Waals surface area contributed by atoms with Crippen LogP contribution in [0.1, 0.15) is 18.6 Å². The van der Waals surface area contributed by atoms with Crippen LogP contribution < -0.4 is 10.6 Å². The van der Waals surface area contributed by atoms with E-state index in [0.29, 0.717) is 13.1 Å². The van der Waals surface area contributed by atoms with Crippen molar-refractivity contribution in [1.29, 1.82) is 0 Å². The standard InChI is InChI=1S/C32H31F3N8O.CH4/c1-41-14-16-43(17-15-41)20-23-10-11-24(18-26(23)32(33,34)35)38-31(44)39-29-19-28(42(2)40-29)22-8-6-21(7-9-22)25-4-3-5-27-30(25)37-13-12-36-27;/h3-13,18-19H,14-17,20H2,1-2H3,(H2,38,39,40,44);1H4. The molecule has 3 aromatic carbocycles. The first-order valence-electron chi connectivity index (χ1n) is 14.2. The second kappa shape index (κ2) is 13.0. The van der Waals surface area contributed by atoms with Gasteiger partial charge in [0.1, 0.15) is 0 Å². The summed E-state index contributed by atoms with van der Waals surface area (Å²) >= 11 is 0. The first-order chi connectivity index (χ1) is 21.1. The van der Waals surface area contributed by atoms with Crippen LogP contribution in [0.3, 0.4) is 0 Å². The van der Waals surface area contributed by atoms with E-state index in [4.69, 9.17) is 0 Å². The Hall–Kier alpha value is -4.81. The van der Waals surface area contributed by atoms with Gasteiger partial charge < -0.3 is 10.2 Å². The highest BCUT2D eigenvalue weighted by molar-refractivity contribution is 5.99. The lowest BCUT2D eigenvalue weighted by Gasteiger charge is -2.33. The normalized spacial score (nSPS) is 14.2. The van der Waals surface area contributed by atoms with Gasteiger partial charge in [-0.15, -0.1) is 0 Å². The SMILES string of the molecule is C.CN1CCN(Cc2ccc(NC(=O)Nc3cc(-c4ccc(-c5cccc6nccnc56)cc4)n(C)n3)cc2C(F)(F)F)CC1. The third-order valence-electron chi connectivity index (χ3n) is 7.77. The fourth-order valence-electron chi connectivity index (χ4n) is 5.43. The Morgan fingerprint density at radius 2 is 1.58 bits per heavy atom. The van der Waals surface area contributed by atoms with Crippen molar-refractivity contribution in [2.75, 3.05) is 43.9 Å². The summed E-state index contributed by atoms with van der Waals surface area (Å²) < 4.78 is 43.5. The van der Waals surface area contributed by atoms with Gasteiger partial charge in [0.25, 0.3) is 0 Å². The third kappa shape index (κ3) is 7.13. The van der Waals surface area contributed by atoms with Gasteiger partial charge in [0.05, 0.1) is 22.3 Å². The number of nitrogens with one attached hydrogen (secondary N) is 2. The number of piperazine rings is 1. The van der Waals surface area contributed by atoms with Crippen molar-refractivity contribution in [3.8, 4) is 22.4 Å². The zero-order valence-electron chi connectivity index (χ0n) is 24.3. The fourth-order valence-corrected chi connectivity index (χ4v) is 5.43. The van der Waals surface area contributed by atoms with E-state index in [2.05, 4.69) is 30.6 Å². The number of carbonyl (C=O) groups excluding carboxylic acids is 1. The lowest BCUT2D eigenvalue weighted by molar-refractivity contribution is -0.138. The highest BCUT2D eigenvalue weighted by atomic mass is 19.4. The molecule has 3 heterocycles. The van der Waals surface area contributed by atoms with E-state index in [1.165, 1.54) is 12.1 Å². The maximum Gasteiger partial charge on any atom is 0.416 e. The number of likely N-dealkylation sites (N-methyl/N-ethyl adjacent to an activating group) is 1. The van der Waals surface area contributed by atoms with E-state index in [1.807, 2.05) is 54.4 Å². The third-order valence-corrected chi connectivity index (χ3v) is 7.77. The Balaban J connectivity index is 0.00000400. The summed E-state index contributed by atoms with van der Waals surface area (Å²) in [5, 5.41) is 9.52. The Morgan fingerprint density at radius 3 is 2.31 bits per heavy atom. The molecule has 2 amide bonds. The molecule has 45 heavy (non-hydrogen) atoms. The number of aryl methyl sites for hydroxylation is 1. The Bertz CT molecular complexity index is 1790. The van der Waals surface area contributed by atoms with Crippen LogP contribution in [0.2, 0.25) is 0 Å². The summed E-state index contributed by atoms with van der Waals surface area (Å²) in [6, 6.07) is 18.7. The minimum atomic E-state index is -4.55. The quantitative estimate of drug-likeness (QED) is 0.220. The van der Waals surface area contributed by atoms with Crippen molar-refractivity contribution < 1.29 is 18.0 Å². The van der Waals surface area contributed by atoms with Crippen LogP contribution in [0.15, 0.2) is 79.1 Å². The number of halogens is 3. The molecule has 6 rings (SSSR count). The largest absolute Gasteiger partial charge is 0.416 e. The van der Waals surface area contributed by atoms with E-state index in [9.17, 15) is 18.0 Å². The number of hydrogen-bond donors (Lipinski definition) is 2. The van der Waals surface area contributed by atoms with Gasteiger partial charge in [-0.2, -0.15) is 18.3 Å². The number of urea groups is 1. The molecule has 234 valence electrons. The molecular weight excluding hydrogens is 581 g/mol. The second-order valence-corrected chi connectivity index (χ2v) is 10.9. The van der Waals surface area contributed by atoms with Crippen molar-refractivity contribution in [2.24, 2.45) is 7.05 Å². The average molecular weight is 617 g/mol. The van der Waals surface area contributed by atoms with Crippen molar-refractivity contribution in [3.05, 3.63) is 90.3 Å². The van der Waals surface area contributed by atoms with Gasteiger partial charge in [-0.25, -0.2) is 4.79 Å². The number of para-hydroxylation sites is 1. The van der Waals surface area contributed by atoms with Crippen molar-refractivity contribution in [2.45, 2.75) is 20.1 Å². The molecular formula is C33H35F3N8O. The molecule has 1 aliphatic rings. The van der Waals surface area contributed by atoms with Gasteiger partial charge in [-0.05, 0) is 41.9 Å². The minimum Gasteiger partial charge on any atom is -0.308 e. The maximum atomic E-state index is 14.0. The number of hydrogen-bond acceptors (Lipinski definition) is 6. The summed E-state index contributed by atoms with van der Waals surface area (Å²) in [4.78, 5) is 25.8. The van der Waals surface area contributed by atoms with Crippen LogP contribution in [0.4, 0.5) is 29.5 Å². The van der Waals surface area contributed by atoms with E-state index in [0.717, 1.165) is 52.6 Å². The summed E-state index contributed by atoms with van der Waals surface area (Å²) in [6.45, 7) is 3.21. The van der Waals surface area contributed by atoms with E-state index in [-0.39, 0.29) is 31.0 Å². The van der Waals surface area contributed by atoms with E-state index >= 15 is 0 Å². The Labute approximate surface area is 259 Å². The molecule has 2 N–H and O–H groups in total. The first-order valence-corrected chi connectivity index (χ1v) is 14.2. The molecule has 0 radical (unpaired) electrons. The topological polar surface area (TPSA) is 91.2 Å². The maximum absolute atomic E-state index is 14.0. The molecule has 0 spiro atoms. The van der Waals surface area contributed by atoms with Crippen LogP contribution >= 0.6 is 0 Å². The molecule has 1 fully saturated rings. The Morgan fingerprint density at radius 1 is 0.867 bits per heavy atom. The van der Waals surface area contributed by atoms with E-state index in [1.54, 1.807) is 30.2 Å². The van der Waals surface area contributed by atoms with Crippen LogP contribution in [0.5, 0.6) is 0 Å². The smallest absolute Gasteiger partial charge is 0.308 e. The van der Waals surface area contributed by atoms with Gasteiger partial charge in [0, 0.05) is 69.5 Å². The molecule has 9 nitrogen and oxygen atoms in total. The highest BCUT2D eigenvalue weighted by Gasteiger charge is 2.34. The fraction of sp³-hybridized carbons (Fsp3) is 0.273. The highest BCUT2D eigenvalue weighted by Crippen LogP contribution is 2.35. The number of benzene rings is 3. The molecule has 12 heteroatoms. The number of fused-ring (bicyclic) bond motifs is 1. The molecule has 2 aromatic heterocycles. The van der Waals surface area contributed by atoms with Crippen LogP contribution in [-0.4, -0.2) is 68.8 Å². The second-order valence-electron chi connectivity index (χ2n) is 10.9. The lowest BCUT2D eigenvalue weighted by atomic mass is 10.0. The van der Waals surface area contributed by atoms with Crippen LogP contribution in [0.25, 0.3) is 33.4 Å². The van der Waals surface area contributed by atoms with Crippen molar-refractivity contribution in [3.63, 3.8) is 0 Å². The zero-order valence-corrected chi connectivity index (χ0v) is 24.3. The van der Waals surface area contributed by atoms with Gasteiger partial charge in [0.2, 0.25) is 0 Å². The number of aromatic nitrogens is 4. The number of alkyl halides is 3.